The van der Waals surface area contributed by atoms with Crippen molar-refractivity contribution < 1.29 is 4.79 Å². The number of benzene rings is 1. The largest absolute Gasteiger partial charge is 0.368 e. The highest BCUT2D eigenvalue weighted by Gasteiger charge is 2.49. The number of hydrogen-bond acceptors (Lipinski definition) is 4. The molecular weight excluding hydrogens is 300 g/mol. The van der Waals surface area contributed by atoms with Gasteiger partial charge in [0.25, 0.3) is 0 Å². The molecule has 1 amide bonds. The Balaban J connectivity index is 1.99. The molecule has 3 rings (SSSR count). The highest BCUT2D eigenvalue weighted by molar-refractivity contribution is 6.31. The van der Waals surface area contributed by atoms with Crippen LogP contribution in [0.15, 0.2) is 42.9 Å². The molecule has 0 radical (unpaired) electrons. The first-order valence-electron chi connectivity index (χ1n) is 7.19. The molecule has 0 aliphatic carbocycles. The Hall–Kier alpha value is -1.98. The van der Waals surface area contributed by atoms with Gasteiger partial charge in [0, 0.05) is 24.0 Å². The first kappa shape index (κ1) is 14.9. The zero-order valence-electron chi connectivity index (χ0n) is 12.1. The van der Waals surface area contributed by atoms with Crippen molar-refractivity contribution in [1.29, 1.82) is 0 Å². The van der Waals surface area contributed by atoms with Gasteiger partial charge in [-0.2, -0.15) is 0 Å². The Kier molecular flexibility index (Phi) is 4.09. The third-order valence-corrected chi connectivity index (χ3v) is 4.59. The van der Waals surface area contributed by atoms with Gasteiger partial charge in [-0.3, -0.25) is 19.7 Å². The number of likely N-dealkylation sites (tertiary alicyclic amines) is 1. The molecule has 1 aromatic heterocycles. The van der Waals surface area contributed by atoms with E-state index in [-0.39, 0.29) is 0 Å². The predicted octanol–water partition coefficient (Wildman–Crippen LogP) is 2.11. The molecule has 6 heteroatoms. The van der Waals surface area contributed by atoms with Crippen LogP contribution in [0.3, 0.4) is 0 Å². The summed E-state index contributed by atoms with van der Waals surface area (Å²) in [5.41, 5.74) is 6.43. The number of carbonyl (C=O) groups excluding carboxylic acids is 1. The molecule has 114 valence electrons. The van der Waals surface area contributed by atoms with E-state index < -0.39 is 11.4 Å². The van der Waals surface area contributed by atoms with Crippen LogP contribution in [-0.4, -0.2) is 27.3 Å². The number of halogens is 1. The molecule has 0 saturated carbocycles. The van der Waals surface area contributed by atoms with Crippen molar-refractivity contribution in [1.82, 2.24) is 14.9 Å². The molecule has 1 aliphatic rings. The van der Waals surface area contributed by atoms with Crippen LogP contribution in [0, 0.1) is 0 Å². The summed E-state index contributed by atoms with van der Waals surface area (Å²) < 4.78 is 0. The van der Waals surface area contributed by atoms with Gasteiger partial charge in [0.15, 0.2) is 0 Å². The second-order valence-electron chi connectivity index (χ2n) is 5.43. The fourth-order valence-corrected chi connectivity index (χ4v) is 3.32. The summed E-state index contributed by atoms with van der Waals surface area (Å²) in [6.45, 7) is 1.32. The summed E-state index contributed by atoms with van der Waals surface area (Å²) in [7, 11) is 0. The van der Waals surface area contributed by atoms with Gasteiger partial charge in [0.05, 0.1) is 11.9 Å². The Morgan fingerprint density at radius 3 is 2.86 bits per heavy atom. The lowest BCUT2D eigenvalue weighted by Gasteiger charge is -2.35. The summed E-state index contributed by atoms with van der Waals surface area (Å²) in [5, 5.41) is 0.687. The van der Waals surface area contributed by atoms with Gasteiger partial charge < -0.3 is 5.73 Å². The minimum Gasteiger partial charge on any atom is -0.368 e. The van der Waals surface area contributed by atoms with Gasteiger partial charge in [-0.1, -0.05) is 29.8 Å². The Morgan fingerprint density at radius 1 is 1.36 bits per heavy atom. The normalized spacial score (nSPS) is 21.9. The summed E-state index contributed by atoms with van der Waals surface area (Å²) in [6.07, 6.45) is 6.32. The maximum atomic E-state index is 12.3. The van der Waals surface area contributed by atoms with Crippen molar-refractivity contribution in [3.63, 3.8) is 0 Å². The molecular formula is C16H17ClN4O. The lowest BCUT2D eigenvalue weighted by Crippen LogP contribution is -2.51. The average molecular weight is 317 g/mol. The monoisotopic (exact) mass is 316 g/mol. The van der Waals surface area contributed by atoms with Crippen LogP contribution in [0.4, 0.5) is 0 Å². The van der Waals surface area contributed by atoms with Crippen molar-refractivity contribution in [2.45, 2.75) is 24.9 Å². The first-order valence-corrected chi connectivity index (χ1v) is 7.57. The lowest BCUT2D eigenvalue weighted by molar-refractivity contribution is -0.129. The van der Waals surface area contributed by atoms with Crippen LogP contribution in [0.5, 0.6) is 0 Å². The number of primary amides is 1. The Morgan fingerprint density at radius 2 is 2.18 bits per heavy atom. The molecule has 22 heavy (non-hydrogen) atoms. The first-order chi connectivity index (χ1) is 10.6. The van der Waals surface area contributed by atoms with Crippen molar-refractivity contribution in [2.24, 2.45) is 5.73 Å². The van der Waals surface area contributed by atoms with E-state index >= 15 is 0 Å². The molecule has 0 spiro atoms. The fourth-order valence-electron chi connectivity index (χ4n) is 3.13. The SMILES string of the molecule is NC(=O)C1(c2cnccn2)CCCN1Cc1ccccc1Cl. The van der Waals surface area contributed by atoms with Crippen molar-refractivity contribution in [3.05, 3.63) is 59.1 Å². The third-order valence-electron chi connectivity index (χ3n) is 4.22. The van der Waals surface area contributed by atoms with Gasteiger partial charge in [0.2, 0.25) is 5.91 Å². The van der Waals surface area contributed by atoms with E-state index in [1.807, 2.05) is 24.3 Å². The molecule has 1 aliphatic heterocycles. The second kappa shape index (κ2) is 6.02. The molecule has 0 bridgehead atoms. The van der Waals surface area contributed by atoms with Gasteiger partial charge in [-0.05, 0) is 31.0 Å². The molecule has 1 fully saturated rings. The van der Waals surface area contributed by atoms with Gasteiger partial charge >= 0.3 is 0 Å². The zero-order chi connectivity index (χ0) is 15.6. The highest BCUT2D eigenvalue weighted by Crippen LogP contribution is 2.39. The Bertz CT molecular complexity index is 679. The molecule has 1 atom stereocenters. The number of carbonyl (C=O) groups is 1. The third kappa shape index (κ3) is 2.46. The van der Waals surface area contributed by atoms with E-state index in [1.54, 1.807) is 18.6 Å². The highest BCUT2D eigenvalue weighted by atomic mass is 35.5. The second-order valence-corrected chi connectivity index (χ2v) is 5.84. The van der Waals surface area contributed by atoms with Gasteiger partial charge in [0.1, 0.15) is 5.54 Å². The molecule has 2 aromatic rings. The average Bonchev–Trinajstić information content (AvgIpc) is 2.95. The fraction of sp³-hybridized carbons (Fsp3) is 0.312. The van der Waals surface area contributed by atoms with Crippen LogP contribution in [-0.2, 0) is 16.9 Å². The molecule has 1 aromatic carbocycles. The smallest absolute Gasteiger partial charge is 0.244 e. The van der Waals surface area contributed by atoms with E-state index in [1.165, 1.54) is 0 Å². The molecule has 5 nitrogen and oxygen atoms in total. The number of rotatable bonds is 4. The van der Waals surface area contributed by atoms with E-state index in [2.05, 4.69) is 14.9 Å². The van der Waals surface area contributed by atoms with E-state index in [4.69, 9.17) is 17.3 Å². The number of aromatic nitrogens is 2. The maximum Gasteiger partial charge on any atom is 0.244 e. The summed E-state index contributed by atoms with van der Waals surface area (Å²) in [5.74, 6) is -0.391. The van der Waals surface area contributed by atoms with Crippen LogP contribution in [0.2, 0.25) is 5.02 Å². The van der Waals surface area contributed by atoms with E-state index in [9.17, 15) is 4.79 Å². The minimum atomic E-state index is -0.909. The molecule has 1 unspecified atom stereocenters. The summed E-state index contributed by atoms with van der Waals surface area (Å²) in [6, 6.07) is 7.63. The molecule has 2 heterocycles. The lowest BCUT2D eigenvalue weighted by atomic mass is 9.91. The molecule has 2 N–H and O–H groups in total. The number of nitrogens with zero attached hydrogens (tertiary/aromatic N) is 3. The van der Waals surface area contributed by atoms with Gasteiger partial charge in [-0.25, -0.2) is 0 Å². The minimum absolute atomic E-state index is 0.391. The number of hydrogen-bond donors (Lipinski definition) is 1. The maximum absolute atomic E-state index is 12.3. The van der Waals surface area contributed by atoms with Crippen LogP contribution in [0.25, 0.3) is 0 Å². The molecule has 1 saturated heterocycles. The van der Waals surface area contributed by atoms with Crippen molar-refractivity contribution in [3.8, 4) is 0 Å². The standard InChI is InChI=1S/C16H17ClN4O/c17-13-5-2-1-4-12(13)11-21-9-3-6-16(21,15(18)22)14-10-19-7-8-20-14/h1-2,4-5,7-8,10H,3,6,9,11H2,(H2,18,22). The summed E-state index contributed by atoms with van der Waals surface area (Å²) >= 11 is 6.25. The number of amides is 1. The Labute approximate surface area is 134 Å². The van der Waals surface area contributed by atoms with Crippen LogP contribution >= 0.6 is 11.6 Å². The number of nitrogens with two attached hydrogens (primary N) is 1. The summed E-state index contributed by atoms with van der Waals surface area (Å²) in [4.78, 5) is 22.8. The van der Waals surface area contributed by atoms with E-state index in [0.717, 1.165) is 18.5 Å². The van der Waals surface area contributed by atoms with Gasteiger partial charge in [-0.15, -0.1) is 0 Å². The van der Waals surface area contributed by atoms with Crippen molar-refractivity contribution >= 4 is 17.5 Å². The van der Waals surface area contributed by atoms with E-state index in [0.29, 0.717) is 23.7 Å². The van der Waals surface area contributed by atoms with Crippen LogP contribution in [0.1, 0.15) is 24.1 Å². The van der Waals surface area contributed by atoms with Crippen LogP contribution < -0.4 is 5.73 Å². The van der Waals surface area contributed by atoms with Crippen molar-refractivity contribution in [2.75, 3.05) is 6.54 Å². The predicted molar refractivity (Wildman–Crippen MR) is 84.0 cm³/mol. The quantitative estimate of drug-likeness (QED) is 0.937. The zero-order valence-corrected chi connectivity index (χ0v) is 12.8. The topological polar surface area (TPSA) is 72.1 Å².